The van der Waals surface area contributed by atoms with Gasteiger partial charge in [-0.2, -0.15) is 0 Å². The zero-order valence-corrected chi connectivity index (χ0v) is 19.6. The molecule has 1 amide bonds. The van der Waals surface area contributed by atoms with Crippen molar-refractivity contribution in [2.45, 2.75) is 24.0 Å². The lowest BCUT2D eigenvalue weighted by Gasteiger charge is -2.44. The van der Waals surface area contributed by atoms with Crippen LogP contribution >= 0.6 is 15.9 Å². The van der Waals surface area contributed by atoms with Gasteiger partial charge in [-0.15, -0.1) is 0 Å². The van der Waals surface area contributed by atoms with E-state index in [-0.39, 0.29) is 12.3 Å². The van der Waals surface area contributed by atoms with E-state index >= 15 is 0 Å². The van der Waals surface area contributed by atoms with Gasteiger partial charge in [0.15, 0.2) is 17.1 Å². The summed E-state index contributed by atoms with van der Waals surface area (Å²) < 4.78 is 12.0. The predicted octanol–water partition coefficient (Wildman–Crippen LogP) is 4.39. The van der Waals surface area contributed by atoms with E-state index in [0.717, 1.165) is 21.2 Å². The number of methoxy groups -OCH3 is 2. The summed E-state index contributed by atoms with van der Waals surface area (Å²) in [5, 5.41) is 11.9. The molecule has 0 radical (unpaired) electrons. The number of hydrogen-bond acceptors (Lipinski definition) is 4. The predicted molar refractivity (Wildman–Crippen MR) is 125 cm³/mol. The number of amides is 1. The first kappa shape index (κ1) is 21.0. The van der Waals surface area contributed by atoms with Gasteiger partial charge in [0.2, 0.25) is 0 Å². The van der Waals surface area contributed by atoms with Gasteiger partial charge in [-0.05, 0) is 52.9 Å². The molecule has 0 spiro atoms. The smallest absolute Gasteiger partial charge is 0.260 e. The number of ether oxygens (including phenoxy) is 2. The van der Waals surface area contributed by atoms with E-state index < -0.39 is 11.1 Å². The van der Waals surface area contributed by atoms with Crippen molar-refractivity contribution in [1.29, 1.82) is 0 Å². The number of carbonyl (C=O) groups excluding carboxylic acids is 1. The lowest BCUT2D eigenvalue weighted by molar-refractivity contribution is -0.145. The van der Waals surface area contributed by atoms with Crippen molar-refractivity contribution in [3.05, 3.63) is 93.5 Å². The van der Waals surface area contributed by atoms with Gasteiger partial charge in [-0.1, -0.05) is 58.4 Å². The molecule has 1 saturated heterocycles. The highest BCUT2D eigenvalue weighted by atomic mass is 79.9. The molecule has 1 fully saturated rings. The van der Waals surface area contributed by atoms with Crippen molar-refractivity contribution >= 4 is 21.8 Å². The zero-order chi connectivity index (χ0) is 22.5. The molecular formula is C26H24BrNO4. The normalized spacial score (nSPS) is 24.1. The van der Waals surface area contributed by atoms with Crippen LogP contribution < -0.4 is 9.47 Å². The maximum absolute atomic E-state index is 13.8. The average molecular weight is 494 g/mol. The molecule has 0 unspecified atom stereocenters. The third kappa shape index (κ3) is 2.90. The van der Waals surface area contributed by atoms with Crippen molar-refractivity contribution in [3.8, 4) is 11.5 Å². The van der Waals surface area contributed by atoms with Crippen molar-refractivity contribution in [3.63, 3.8) is 0 Å². The summed E-state index contributed by atoms with van der Waals surface area (Å²) in [6.07, 6.45) is 0.888. The first-order valence-electron chi connectivity index (χ1n) is 10.6. The highest BCUT2D eigenvalue weighted by Crippen LogP contribution is 2.56. The van der Waals surface area contributed by atoms with Crippen LogP contribution in [0.25, 0.3) is 0 Å². The number of fused-ring (bicyclic) bond motifs is 3. The third-order valence-electron chi connectivity index (χ3n) is 6.80. The number of hydrogen-bond donors (Lipinski definition) is 1. The Kier molecular flexibility index (Phi) is 5.02. The molecule has 0 bridgehead atoms. The quantitative estimate of drug-likeness (QED) is 0.585. The van der Waals surface area contributed by atoms with E-state index in [1.807, 2.05) is 71.6 Å². The highest BCUT2D eigenvalue weighted by Gasteiger charge is 2.62. The van der Waals surface area contributed by atoms with Gasteiger partial charge < -0.3 is 19.5 Å². The van der Waals surface area contributed by atoms with Crippen molar-refractivity contribution in [2.24, 2.45) is 0 Å². The molecule has 164 valence electrons. The number of halogens is 1. The van der Waals surface area contributed by atoms with E-state index in [1.165, 1.54) is 0 Å². The van der Waals surface area contributed by atoms with E-state index in [1.54, 1.807) is 14.2 Å². The summed E-state index contributed by atoms with van der Waals surface area (Å²) in [6, 6.07) is 21.3. The fourth-order valence-corrected chi connectivity index (χ4v) is 5.56. The fourth-order valence-electron chi connectivity index (χ4n) is 5.29. The second kappa shape index (κ2) is 7.64. The minimum Gasteiger partial charge on any atom is -0.493 e. The highest BCUT2D eigenvalue weighted by molar-refractivity contribution is 9.10. The van der Waals surface area contributed by atoms with E-state index in [2.05, 4.69) is 15.9 Å². The molecule has 32 heavy (non-hydrogen) atoms. The Bertz CT molecular complexity index is 1180. The molecule has 3 aromatic rings. The molecule has 6 heteroatoms. The lowest BCUT2D eigenvalue weighted by Crippen LogP contribution is -2.49. The van der Waals surface area contributed by atoms with Crippen molar-refractivity contribution < 1.29 is 19.4 Å². The molecule has 2 heterocycles. The molecule has 0 aromatic heterocycles. The fraction of sp³-hybridized carbons (Fsp3) is 0.269. The molecule has 2 atom stereocenters. The van der Waals surface area contributed by atoms with Crippen LogP contribution in [-0.4, -0.2) is 36.7 Å². The van der Waals surface area contributed by atoms with Crippen molar-refractivity contribution in [1.82, 2.24) is 4.90 Å². The Balaban J connectivity index is 1.77. The zero-order valence-electron chi connectivity index (χ0n) is 18.0. The molecule has 5 rings (SSSR count). The van der Waals surface area contributed by atoms with Gasteiger partial charge in [0.1, 0.15) is 0 Å². The third-order valence-corrected chi connectivity index (χ3v) is 7.33. The summed E-state index contributed by atoms with van der Waals surface area (Å²) in [5.41, 5.74) is 1.18. The maximum atomic E-state index is 13.8. The molecule has 3 aromatic carbocycles. The Morgan fingerprint density at radius 3 is 2.25 bits per heavy atom. The Labute approximate surface area is 195 Å². The van der Waals surface area contributed by atoms with E-state index in [4.69, 9.17) is 9.47 Å². The van der Waals surface area contributed by atoms with E-state index in [0.29, 0.717) is 30.0 Å². The average Bonchev–Trinajstić information content (AvgIpc) is 3.07. The number of rotatable bonds is 4. The van der Waals surface area contributed by atoms with Gasteiger partial charge in [-0.3, -0.25) is 4.79 Å². The number of carbonyl (C=O) groups is 1. The molecule has 1 N–H and O–H groups in total. The van der Waals surface area contributed by atoms with Crippen LogP contribution in [0.3, 0.4) is 0 Å². The Morgan fingerprint density at radius 2 is 1.59 bits per heavy atom. The largest absolute Gasteiger partial charge is 0.493 e. The number of benzene rings is 3. The molecule has 5 nitrogen and oxygen atoms in total. The van der Waals surface area contributed by atoms with Crippen LogP contribution in [0.2, 0.25) is 0 Å². The standard InChI is InChI=1S/C26H24BrNO4/c1-31-22-14-17-12-13-28-24(29)26(30,19-8-10-20(27)11-9-19)16-25(28,18-6-4-3-5-7-18)21(17)15-23(22)32-2/h3-11,14-15,30H,12-13,16H2,1-2H3/t25-,26-/m1/s1. The Hall–Kier alpha value is -2.83. The van der Waals surface area contributed by atoms with Crippen LogP contribution in [0.5, 0.6) is 11.5 Å². The van der Waals surface area contributed by atoms with Crippen LogP contribution in [0.1, 0.15) is 28.7 Å². The molecule has 0 aliphatic carbocycles. The van der Waals surface area contributed by atoms with Crippen LogP contribution in [0, 0.1) is 0 Å². The van der Waals surface area contributed by atoms with Crippen LogP contribution in [0.4, 0.5) is 0 Å². The van der Waals surface area contributed by atoms with Crippen molar-refractivity contribution in [2.75, 3.05) is 20.8 Å². The summed E-state index contributed by atoms with van der Waals surface area (Å²) >= 11 is 3.44. The van der Waals surface area contributed by atoms with Gasteiger partial charge in [0, 0.05) is 17.4 Å². The van der Waals surface area contributed by atoms with Crippen LogP contribution in [0.15, 0.2) is 71.2 Å². The Morgan fingerprint density at radius 1 is 0.938 bits per heavy atom. The summed E-state index contributed by atoms with van der Waals surface area (Å²) in [5.74, 6) is 0.995. The summed E-state index contributed by atoms with van der Waals surface area (Å²) in [7, 11) is 3.23. The van der Waals surface area contributed by atoms with Gasteiger partial charge in [0.05, 0.1) is 19.8 Å². The first-order valence-corrected chi connectivity index (χ1v) is 11.3. The summed E-state index contributed by atoms with van der Waals surface area (Å²) in [4.78, 5) is 15.7. The first-order chi connectivity index (χ1) is 15.4. The number of aliphatic hydroxyl groups is 1. The second-order valence-corrected chi connectivity index (χ2v) is 9.26. The second-order valence-electron chi connectivity index (χ2n) is 8.34. The topological polar surface area (TPSA) is 59.0 Å². The molecular weight excluding hydrogens is 470 g/mol. The summed E-state index contributed by atoms with van der Waals surface area (Å²) in [6.45, 7) is 0.509. The number of nitrogens with zero attached hydrogens (tertiary/aromatic N) is 1. The molecule has 2 aliphatic heterocycles. The maximum Gasteiger partial charge on any atom is 0.260 e. The molecule has 2 aliphatic rings. The van der Waals surface area contributed by atoms with E-state index in [9.17, 15) is 9.90 Å². The minimum atomic E-state index is -1.63. The van der Waals surface area contributed by atoms with Gasteiger partial charge in [0.25, 0.3) is 5.91 Å². The minimum absolute atomic E-state index is 0.215. The lowest BCUT2D eigenvalue weighted by atomic mass is 9.72. The molecule has 0 saturated carbocycles. The van der Waals surface area contributed by atoms with Gasteiger partial charge in [-0.25, -0.2) is 0 Å². The monoisotopic (exact) mass is 493 g/mol. The SMILES string of the molecule is COc1cc2c(cc1OC)[C@]1(c3ccccc3)C[C@@](O)(c3ccc(Br)cc3)C(=O)N1CC2. The van der Waals surface area contributed by atoms with Crippen LogP contribution in [-0.2, 0) is 22.4 Å². The van der Waals surface area contributed by atoms with Gasteiger partial charge >= 0.3 is 0 Å².